The average molecular weight is 258 g/mol. The second kappa shape index (κ2) is 6.04. The summed E-state index contributed by atoms with van der Waals surface area (Å²) in [5.41, 5.74) is -0.298. The molecule has 0 spiro atoms. The number of likely N-dealkylation sites (tertiary alicyclic amines) is 1. The number of carbonyl (C=O) groups excluding carboxylic acids is 1. The lowest BCUT2D eigenvalue weighted by molar-refractivity contribution is -0.140. The van der Waals surface area contributed by atoms with Gasteiger partial charge in [-0.3, -0.25) is 4.79 Å². The predicted octanol–water partition coefficient (Wildman–Crippen LogP) is 0.918. The first-order chi connectivity index (χ1) is 8.38. The van der Waals surface area contributed by atoms with Crippen LogP contribution in [0.3, 0.4) is 0 Å². The van der Waals surface area contributed by atoms with Crippen molar-refractivity contribution in [2.24, 2.45) is 5.92 Å². The maximum atomic E-state index is 11.9. The second-order valence-corrected chi connectivity index (χ2v) is 5.10. The van der Waals surface area contributed by atoms with Gasteiger partial charge in [-0.15, -0.1) is 0 Å². The van der Waals surface area contributed by atoms with Gasteiger partial charge < -0.3 is 20.1 Å². The highest BCUT2D eigenvalue weighted by molar-refractivity contribution is 5.76. The number of nitrogens with one attached hydrogen (secondary N) is 1. The first kappa shape index (κ1) is 14.8. The summed E-state index contributed by atoms with van der Waals surface area (Å²) in [6.45, 7) is 4.92. The van der Waals surface area contributed by atoms with Crippen molar-refractivity contribution in [1.82, 2.24) is 10.2 Å². The van der Waals surface area contributed by atoms with Crippen molar-refractivity contribution in [3.63, 3.8) is 0 Å². The standard InChI is InChI=1S/C12H22N2O4/c1-9(10(15)16)7-13-11(17)14-6-4-5-12(2,8-14)18-3/h9H,4-8H2,1-3H3,(H,13,17)(H,15,16). The summed E-state index contributed by atoms with van der Waals surface area (Å²) in [4.78, 5) is 24.2. The molecule has 1 aliphatic rings. The number of aliphatic carboxylic acids is 1. The van der Waals surface area contributed by atoms with Gasteiger partial charge in [0.05, 0.1) is 18.1 Å². The van der Waals surface area contributed by atoms with E-state index in [1.807, 2.05) is 6.92 Å². The highest BCUT2D eigenvalue weighted by Crippen LogP contribution is 2.23. The van der Waals surface area contributed by atoms with Crippen LogP contribution in [-0.2, 0) is 9.53 Å². The topological polar surface area (TPSA) is 78.9 Å². The third-order valence-corrected chi connectivity index (χ3v) is 3.42. The fourth-order valence-electron chi connectivity index (χ4n) is 1.99. The van der Waals surface area contributed by atoms with Crippen molar-refractivity contribution in [3.05, 3.63) is 0 Å². The van der Waals surface area contributed by atoms with E-state index in [1.165, 1.54) is 0 Å². The number of urea groups is 1. The molecule has 0 aromatic heterocycles. The van der Waals surface area contributed by atoms with E-state index in [0.717, 1.165) is 12.8 Å². The number of hydrogen-bond acceptors (Lipinski definition) is 3. The fraction of sp³-hybridized carbons (Fsp3) is 0.833. The molecular weight excluding hydrogens is 236 g/mol. The number of carboxylic acid groups (broad SMARTS) is 1. The molecule has 104 valence electrons. The van der Waals surface area contributed by atoms with Gasteiger partial charge in [0.1, 0.15) is 0 Å². The van der Waals surface area contributed by atoms with Crippen LogP contribution in [0.5, 0.6) is 0 Å². The summed E-state index contributed by atoms with van der Waals surface area (Å²) in [7, 11) is 1.65. The summed E-state index contributed by atoms with van der Waals surface area (Å²) in [5.74, 6) is -1.48. The molecule has 0 bridgehead atoms. The molecule has 2 unspecified atom stereocenters. The number of carbonyl (C=O) groups is 2. The lowest BCUT2D eigenvalue weighted by Crippen LogP contribution is -2.53. The highest BCUT2D eigenvalue weighted by atomic mass is 16.5. The van der Waals surface area contributed by atoms with Crippen LogP contribution in [0, 0.1) is 5.92 Å². The Morgan fingerprint density at radius 2 is 2.22 bits per heavy atom. The molecule has 6 nitrogen and oxygen atoms in total. The van der Waals surface area contributed by atoms with E-state index in [-0.39, 0.29) is 18.2 Å². The van der Waals surface area contributed by atoms with Gasteiger partial charge in [0.2, 0.25) is 0 Å². The molecule has 1 rings (SSSR count). The van der Waals surface area contributed by atoms with Gasteiger partial charge >= 0.3 is 12.0 Å². The van der Waals surface area contributed by atoms with Gasteiger partial charge in [-0.25, -0.2) is 4.79 Å². The smallest absolute Gasteiger partial charge is 0.317 e. The maximum absolute atomic E-state index is 11.9. The van der Waals surface area contributed by atoms with E-state index >= 15 is 0 Å². The van der Waals surface area contributed by atoms with Crippen LogP contribution in [0.4, 0.5) is 4.79 Å². The monoisotopic (exact) mass is 258 g/mol. The Balaban J connectivity index is 2.44. The van der Waals surface area contributed by atoms with Crippen molar-refractivity contribution in [2.75, 3.05) is 26.7 Å². The zero-order valence-electron chi connectivity index (χ0n) is 11.2. The number of ether oxygens (including phenoxy) is 1. The Bertz CT molecular complexity index is 321. The second-order valence-electron chi connectivity index (χ2n) is 5.10. The Morgan fingerprint density at radius 1 is 1.56 bits per heavy atom. The summed E-state index contributed by atoms with van der Waals surface area (Å²) in [6.07, 6.45) is 1.82. The first-order valence-corrected chi connectivity index (χ1v) is 6.19. The molecule has 0 aromatic rings. The first-order valence-electron chi connectivity index (χ1n) is 6.19. The van der Waals surface area contributed by atoms with Crippen LogP contribution in [0.1, 0.15) is 26.7 Å². The molecular formula is C12H22N2O4. The molecule has 18 heavy (non-hydrogen) atoms. The Hall–Kier alpha value is -1.30. The van der Waals surface area contributed by atoms with E-state index in [0.29, 0.717) is 13.1 Å². The zero-order valence-corrected chi connectivity index (χ0v) is 11.2. The maximum Gasteiger partial charge on any atom is 0.317 e. The minimum atomic E-state index is -0.907. The lowest BCUT2D eigenvalue weighted by Gasteiger charge is -2.39. The molecule has 2 N–H and O–H groups in total. The van der Waals surface area contributed by atoms with Crippen molar-refractivity contribution in [2.45, 2.75) is 32.3 Å². The minimum absolute atomic E-state index is 0.147. The van der Waals surface area contributed by atoms with Crippen molar-refractivity contribution in [1.29, 1.82) is 0 Å². The van der Waals surface area contributed by atoms with Crippen molar-refractivity contribution >= 4 is 12.0 Å². The highest BCUT2D eigenvalue weighted by Gasteiger charge is 2.33. The third kappa shape index (κ3) is 3.87. The van der Waals surface area contributed by atoms with Gasteiger partial charge in [-0.1, -0.05) is 6.92 Å². The number of hydrogen-bond donors (Lipinski definition) is 2. The molecule has 0 saturated carbocycles. The van der Waals surface area contributed by atoms with Crippen LogP contribution < -0.4 is 5.32 Å². The number of amides is 2. The summed E-state index contributed by atoms with van der Waals surface area (Å²) >= 11 is 0. The molecule has 2 amide bonds. The number of piperidine rings is 1. The van der Waals surface area contributed by atoms with Crippen LogP contribution in [0.15, 0.2) is 0 Å². The number of carboxylic acids is 1. The van der Waals surface area contributed by atoms with Crippen molar-refractivity contribution < 1.29 is 19.4 Å². The number of nitrogens with zero attached hydrogens (tertiary/aromatic N) is 1. The SMILES string of the molecule is COC1(C)CCCN(C(=O)NCC(C)C(=O)O)C1. The molecule has 0 radical (unpaired) electrons. The minimum Gasteiger partial charge on any atom is -0.481 e. The Morgan fingerprint density at radius 3 is 2.78 bits per heavy atom. The molecule has 1 heterocycles. The molecule has 6 heteroatoms. The average Bonchev–Trinajstić information content (AvgIpc) is 2.35. The summed E-state index contributed by atoms with van der Waals surface area (Å²) in [5, 5.41) is 11.4. The van der Waals surface area contributed by atoms with Gasteiger partial charge in [-0.05, 0) is 19.8 Å². The largest absolute Gasteiger partial charge is 0.481 e. The third-order valence-electron chi connectivity index (χ3n) is 3.42. The predicted molar refractivity (Wildman–Crippen MR) is 66.4 cm³/mol. The van der Waals surface area contributed by atoms with E-state index in [4.69, 9.17) is 9.84 Å². The normalized spacial score (nSPS) is 25.6. The fourth-order valence-corrected chi connectivity index (χ4v) is 1.99. The van der Waals surface area contributed by atoms with Gasteiger partial charge in [0.25, 0.3) is 0 Å². The molecule has 1 saturated heterocycles. The van der Waals surface area contributed by atoms with E-state index in [9.17, 15) is 9.59 Å². The van der Waals surface area contributed by atoms with Crippen LogP contribution in [-0.4, -0.2) is 54.4 Å². The van der Waals surface area contributed by atoms with Crippen LogP contribution >= 0.6 is 0 Å². The Labute approximate surface area is 107 Å². The zero-order chi connectivity index (χ0) is 13.8. The van der Waals surface area contributed by atoms with E-state index in [2.05, 4.69) is 5.32 Å². The molecule has 0 aromatic carbocycles. The lowest BCUT2D eigenvalue weighted by atomic mass is 9.95. The van der Waals surface area contributed by atoms with Gasteiger partial charge in [0, 0.05) is 20.2 Å². The van der Waals surface area contributed by atoms with Gasteiger partial charge in [-0.2, -0.15) is 0 Å². The molecule has 0 aliphatic carbocycles. The molecule has 1 aliphatic heterocycles. The Kier molecular flexibility index (Phi) is 4.95. The van der Waals surface area contributed by atoms with E-state index in [1.54, 1.807) is 18.9 Å². The molecule has 1 fully saturated rings. The van der Waals surface area contributed by atoms with Crippen molar-refractivity contribution in [3.8, 4) is 0 Å². The number of methoxy groups -OCH3 is 1. The van der Waals surface area contributed by atoms with Crippen LogP contribution in [0.25, 0.3) is 0 Å². The summed E-state index contributed by atoms with van der Waals surface area (Å²) in [6, 6.07) is -0.217. The quantitative estimate of drug-likeness (QED) is 0.786. The van der Waals surface area contributed by atoms with Gasteiger partial charge in [0.15, 0.2) is 0 Å². The van der Waals surface area contributed by atoms with Crippen LogP contribution in [0.2, 0.25) is 0 Å². The molecule has 2 atom stereocenters. The summed E-state index contributed by atoms with van der Waals surface area (Å²) < 4.78 is 5.41. The van der Waals surface area contributed by atoms with E-state index < -0.39 is 11.9 Å². The number of rotatable bonds is 4.